The predicted molar refractivity (Wildman–Crippen MR) is 122 cm³/mol. The SMILES string of the molecule is CCOC(=O)C1CN(c2nc(-c3ccncc3)cc(=O)n2C)CCN1Cc1ccccc1. The summed E-state index contributed by atoms with van der Waals surface area (Å²) in [6.45, 7) is 4.47. The van der Waals surface area contributed by atoms with Crippen LogP contribution in [0.15, 0.2) is 65.7 Å². The number of nitrogens with zero attached hydrogens (tertiary/aromatic N) is 5. The third-order valence-corrected chi connectivity index (χ3v) is 5.65. The van der Waals surface area contributed by atoms with Crippen LogP contribution in [0.2, 0.25) is 0 Å². The van der Waals surface area contributed by atoms with Gasteiger partial charge in [-0.25, -0.2) is 4.98 Å². The van der Waals surface area contributed by atoms with Gasteiger partial charge in [0, 0.05) is 57.3 Å². The first-order valence-electron chi connectivity index (χ1n) is 10.7. The van der Waals surface area contributed by atoms with Gasteiger partial charge >= 0.3 is 5.97 Å². The predicted octanol–water partition coefficient (Wildman–Crippen LogP) is 2.10. The standard InChI is InChI=1S/C24H27N5O3/c1-3-32-23(31)21-17-29(14-13-28(21)16-18-7-5-4-6-8-18)24-26-20(15-22(30)27(24)2)19-9-11-25-12-10-19/h4-12,15,21H,3,13-14,16-17H2,1-2H3. The summed E-state index contributed by atoms with van der Waals surface area (Å²) >= 11 is 0. The Bertz CT molecular complexity index is 1120. The van der Waals surface area contributed by atoms with Crippen LogP contribution in [0.25, 0.3) is 11.3 Å². The number of aromatic nitrogens is 3. The molecule has 3 heterocycles. The van der Waals surface area contributed by atoms with Crippen LogP contribution in [0.3, 0.4) is 0 Å². The molecule has 0 aliphatic carbocycles. The van der Waals surface area contributed by atoms with Crippen molar-refractivity contribution >= 4 is 11.9 Å². The highest BCUT2D eigenvalue weighted by Crippen LogP contribution is 2.22. The number of carbonyl (C=O) groups excluding carboxylic acids is 1. The Hall–Kier alpha value is -3.52. The Labute approximate surface area is 187 Å². The molecule has 0 saturated carbocycles. The molecule has 0 radical (unpaired) electrons. The molecule has 0 spiro atoms. The lowest BCUT2D eigenvalue weighted by atomic mass is 10.1. The molecule has 32 heavy (non-hydrogen) atoms. The fourth-order valence-corrected chi connectivity index (χ4v) is 3.95. The van der Waals surface area contributed by atoms with Crippen LogP contribution in [0.5, 0.6) is 0 Å². The summed E-state index contributed by atoms with van der Waals surface area (Å²) in [6.07, 6.45) is 3.35. The molecule has 8 nitrogen and oxygen atoms in total. The maximum absolute atomic E-state index is 12.8. The van der Waals surface area contributed by atoms with Crippen molar-refractivity contribution in [1.82, 2.24) is 19.4 Å². The van der Waals surface area contributed by atoms with Crippen LogP contribution >= 0.6 is 0 Å². The molecule has 1 atom stereocenters. The van der Waals surface area contributed by atoms with Gasteiger partial charge in [0.25, 0.3) is 5.56 Å². The van der Waals surface area contributed by atoms with E-state index in [1.165, 1.54) is 10.6 Å². The maximum atomic E-state index is 12.8. The van der Waals surface area contributed by atoms with Crippen molar-refractivity contribution in [3.63, 3.8) is 0 Å². The molecule has 1 aliphatic rings. The topological polar surface area (TPSA) is 80.6 Å². The average molecular weight is 434 g/mol. The lowest BCUT2D eigenvalue weighted by Gasteiger charge is -2.40. The van der Waals surface area contributed by atoms with E-state index in [1.54, 1.807) is 19.4 Å². The molecule has 1 aromatic carbocycles. The number of esters is 1. The van der Waals surface area contributed by atoms with Crippen molar-refractivity contribution in [3.05, 3.63) is 76.8 Å². The van der Waals surface area contributed by atoms with E-state index in [2.05, 4.69) is 22.0 Å². The van der Waals surface area contributed by atoms with Gasteiger partial charge in [-0.1, -0.05) is 30.3 Å². The largest absolute Gasteiger partial charge is 0.465 e. The summed E-state index contributed by atoms with van der Waals surface area (Å²) in [5.74, 6) is 0.279. The van der Waals surface area contributed by atoms with Gasteiger partial charge in [0.05, 0.1) is 12.3 Å². The second-order valence-corrected chi connectivity index (χ2v) is 7.74. The van der Waals surface area contributed by atoms with Crippen molar-refractivity contribution in [2.75, 3.05) is 31.1 Å². The monoisotopic (exact) mass is 433 g/mol. The zero-order valence-corrected chi connectivity index (χ0v) is 18.3. The number of hydrogen-bond donors (Lipinski definition) is 0. The molecule has 0 N–H and O–H groups in total. The number of rotatable bonds is 6. The molecule has 1 fully saturated rings. The summed E-state index contributed by atoms with van der Waals surface area (Å²) in [4.78, 5) is 38.4. The van der Waals surface area contributed by atoms with Gasteiger partial charge in [0.1, 0.15) is 6.04 Å². The second-order valence-electron chi connectivity index (χ2n) is 7.74. The van der Waals surface area contributed by atoms with E-state index in [1.807, 2.05) is 42.2 Å². The van der Waals surface area contributed by atoms with Gasteiger partial charge < -0.3 is 9.64 Å². The van der Waals surface area contributed by atoms with Crippen molar-refractivity contribution in [1.29, 1.82) is 0 Å². The van der Waals surface area contributed by atoms with E-state index >= 15 is 0 Å². The van der Waals surface area contributed by atoms with Crippen LogP contribution in [-0.2, 0) is 23.1 Å². The third kappa shape index (κ3) is 4.70. The first-order chi connectivity index (χ1) is 15.6. The van der Waals surface area contributed by atoms with Gasteiger partial charge in [-0.15, -0.1) is 0 Å². The molecule has 0 bridgehead atoms. The molecule has 3 aromatic rings. The molecule has 8 heteroatoms. The van der Waals surface area contributed by atoms with E-state index in [-0.39, 0.29) is 11.5 Å². The summed E-state index contributed by atoms with van der Waals surface area (Å²) in [5.41, 5.74) is 2.40. The molecule has 0 amide bonds. The quantitative estimate of drug-likeness (QED) is 0.551. The number of piperazine rings is 1. The Morgan fingerprint density at radius 1 is 1.12 bits per heavy atom. The van der Waals surface area contributed by atoms with Gasteiger partial charge in [-0.3, -0.25) is 24.0 Å². The number of anilines is 1. The molecular weight excluding hydrogens is 406 g/mol. The zero-order chi connectivity index (χ0) is 22.5. The minimum absolute atomic E-state index is 0.152. The van der Waals surface area contributed by atoms with Crippen LogP contribution in [0.1, 0.15) is 12.5 Å². The Morgan fingerprint density at radius 2 is 1.88 bits per heavy atom. The normalized spacial score (nSPS) is 16.7. The van der Waals surface area contributed by atoms with Crippen molar-refractivity contribution in [2.45, 2.75) is 19.5 Å². The Balaban J connectivity index is 1.63. The first-order valence-corrected chi connectivity index (χ1v) is 10.7. The fourth-order valence-electron chi connectivity index (χ4n) is 3.95. The molecule has 1 saturated heterocycles. The van der Waals surface area contributed by atoms with E-state index in [9.17, 15) is 9.59 Å². The average Bonchev–Trinajstić information content (AvgIpc) is 2.82. The van der Waals surface area contributed by atoms with Gasteiger partial charge in [0.2, 0.25) is 5.95 Å². The summed E-state index contributed by atoms with van der Waals surface area (Å²) in [7, 11) is 1.71. The smallest absolute Gasteiger partial charge is 0.325 e. The molecule has 2 aromatic heterocycles. The minimum atomic E-state index is -0.453. The van der Waals surface area contributed by atoms with E-state index < -0.39 is 6.04 Å². The number of hydrogen-bond acceptors (Lipinski definition) is 7. The maximum Gasteiger partial charge on any atom is 0.325 e. The lowest BCUT2D eigenvalue weighted by Crippen LogP contribution is -2.57. The van der Waals surface area contributed by atoms with Crippen LogP contribution in [0.4, 0.5) is 5.95 Å². The van der Waals surface area contributed by atoms with Crippen molar-refractivity contribution in [2.24, 2.45) is 7.05 Å². The minimum Gasteiger partial charge on any atom is -0.465 e. The van der Waals surface area contributed by atoms with E-state index in [0.717, 1.165) is 11.1 Å². The second kappa shape index (κ2) is 9.74. The van der Waals surface area contributed by atoms with Gasteiger partial charge in [0.15, 0.2) is 0 Å². The number of pyridine rings is 1. The Morgan fingerprint density at radius 3 is 2.59 bits per heavy atom. The summed E-state index contributed by atoms with van der Waals surface area (Å²) < 4.78 is 6.90. The number of carbonyl (C=O) groups is 1. The zero-order valence-electron chi connectivity index (χ0n) is 18.3. The first kappa shape index (κ1) is 21.7. The van der Waals surface area contributed by atoms with Gasteiger partial charge in [-0.2, -0.15) is 0 Å². The van der Waals surface area contributed by atoms with E-state index in [0.29, 0.717) is 44.4 Å². The molecule has 1 unspecified atom stereocenters. The summed E-state index contributed by atoms with van der Waals surface area (Å²) in [5, 5.41) is 0. The fraction of sp³-hybridized carbons (Fsp3) is 0.333. The van der Waals surface area contributed by atoms with Crippen LogP contribution in [0, 0.1) is 0 Å². The number of ether oxygens (including phenoxy) is 1. The van der Waals surface area contributed by atoms with Gasteiger partial charge in [-0.05, 0) is 24.6 Å². The van der Waals surface area contributed by atoms with Crippen LogP contribution < -0.4 is 10.5 Å². The van der Waals surface area contributed by atoms with Crippen LogP contribution in [-0.4, -0.2) is 57.7 Å². The lowest BCUT2D eigenvalue weighted by molar-refractivity contribution is -0.150. The Kier molecular flexibility index (Phi) is 6.61. The molecular formula is C24H27N5O3. The van der Waals surface area contributed by atoms with Crippen molar-refractivity contribution in [3.8, 4) is 11.3 Å². The van der Waals surface area contributed by atoms with Crippen molar-refractivity contribution < 1.29 is 9.53 Å². The molecule has 1 aliphatic heterocycles. The number of benzene rings is 1. The third-order valence-electron chi connectivity index (χ3n) is 5.65. The molecule has 166 valence electrons. The highest BCUT2D eigenvalue weighted by molar-refractivity contribution is 5.77. The summed E-state index contributed by atoms with van der Waals surface area (Å²) in [6, 6.07) is 14.8. The highest BCUT2D eigenvalue weighted by Gasteiger charge is 2.35. The molecule has 4 rings (SSSR count). The van der Waals surface area contributed by atoms with E-state index in [4.69, 9.17) is 9.72 Å². The highest BCUT2D eigenvalue weighted by atomic mass is 16.5.